The third-order valence-corrected chi connectivity index (χ3v) is 5.06. The van der Waals surface area contributed by atoms with Crippen LogP contribution in [0.25, 0.3) is 5.70 Å². The third kappa shape index (κ3) is 3.73. The minimum Gasteiger partial charge on any atom is -0.508 e. The van der Waals surface area contributed by atoms with Crippen LogP contribution in [-0.4, -0.2) is 12.2 Å². The molecule has 1 aliphatic heterocycles. The number of hydrogen-bond donors (Lipinski definition) is 3. The van der Waals surface area contributed by atoms with E-state index in [1.54, 1.807) is 13.2 Å². The Morgan fingerprint density at radius 3 is 2.29 bits per heavy atom. The van der Waals surface area contributed by atoms with Gasteiger partial charge in [-0.15, -0.1) is 0 Å². The lowest BCUT2D eigenvalue weighted by molar-refractivity contribution is 0.414. The van der Waals surface area contributed by atoms with E-state index in [0.717, 1.165) is 28.1 Å². The molecule has 0 aliphatic carbocycles. The molecule has 3 aromatic carbocycles. The van der Waals surface area contributed by atoms with Gasteiger partial charge in [-0.05, 0) is 54.5 Å². The molecule has 0 saturated carbocycles. The van der Waals surface area contributed by atoms with Crippen molar-refractivity contribution in [2.24, 2.45) is 0 Å². The van der Waals surface area contributed by atoms with E-state index in [1.807, 2.05) is 42.5 Å². The molecule has 0 fully saturated rings. The minimum absolute atomic E-state index is 0.0766. The van der Waals surface area contributed by atoms with Crippen LogP contribution >= 0.6 is 0 Å². The highest BCUT2D eigenvalue weighted by Gasteiger charge is 2.25. The van der Waals surface area contributed by atoms with Crippen molar-refractivity contribution in [2.75, 3.05) is 7.11 Å². The molecule has 1 aliphatic rings. The SMILES string of the molecule is COc1ccc(C2=CC(c3ccccc3O)NC(c3ccc(C)cc3)N2)cc1. The van der Waals surface area contributed by atoms with Crippen LogP contribution in [0.1, 0.15) is 34.5 Å². The maximum atomic E-state index is 10.4. The second kappa shape index (κ2) is 7.79. The molecule has 0 bridgehead atoms. The molecule has 0 radical (unpaired) electrons. The van der Waals surface area contributed by atoms with E-state index in [1.165, 1.54) is 5.56 Å². The van der Waals surface area contributed by atoms with Gasteiger partial charge in [0, 0.05) is 11.3 Å². The molecular weight excluding hydrogens is 348 g/mol. The molecule has 142 valence electrons. The van der Waals surface area contributed by atoms with Crippen molar-refractivity contribution in [1.29, 1.82) is 0 Å². The molecule has 2 atom stereocenters. The quantitative estimate of drug-likeness (QED) is 0.622. The normalized spacial score (nSPS) is 18.9. The topological polar surface area (TPSA) is 53.5 Å². The summed E-state index contributed by atoms with van der Waals surface area (Å²) in [6.07, 6.45) is 2.04. The number of nitrogens with one attached hydrogen (secondary N) is 2. The van der Waals surface area contributed by atoms with Crippen molar-refractivity contribution in [3.05, 3.63) is 101 Å². The van der Waals surface area contributed by atoms with Crippen molar-refractivity contribution in [3.8, 4) is 11.5 Å². The molecule has 4 heteroatoms. The van der Waals surface area contributed by atoms with E-state index in [4.69, 9.17) is 4.74 Å². The molecule has 28 heavy (non-hydrogen) atoms. The second-order valence-electron chi connectivity index (χ2n) is 7.00. The van der Waals surface area contributed by atoms with Gasteiger partial charge in [0.1, 0.15) is 17.7 Å². The van der Waals surface area contributed by atoms with E-state index in [-0.39, 0.29) is 18.0 Å². The summed E-state index contributed by atoms with van der Waals surface area (Å²) >= 11 is 0. The second-order valence-corrected chi connectivity index (χ2v) is 7.00. The summed E-state index contributed by atoms with van der Waals surface area (Å²) in [7, 11) is 1.67. The Hall–Kier alpha value is -3.24. The smallest absolute Gasteiger partial charge is 0.120 e. The average Bonchev–Trinajstić information content (AvgIpc) is 2.74. The van der Waals surface area contributed by atoms with Crippen LogP contribution in [0.3, 0.4) is 0 Å². The summed E-state index contributed by atoms with van der Waals surface area (Å²) in [4.78, 5) is 0. The van der Waals surface area contributed by atoms with Gasteiger partial charge in [-0.3, -0.25) is 5.32 Å². The lowest BCUT2D eigenvalue weighted by Crippen LogP contribution is -2.39. The zero-order chi connectivity index (χ0) is 19.5. The lowest BCUT2D eigenvalue weighted by Gasteiger charge is -2.33. The molecule has 0 saturated heterocycles. The Bertz CT molecular complexity index is 978. The number of rotatable bonds is 4. The lowest BCUT2D eigenvalue weighted by atomic mass is 9.97. The van der Waals surface area contributed by atoms with E-state index in [9.17, 15) is 5.11 Å². The van der Waals surface area contributed by atoms with Gasteiger partial charge < -0.3 is 15.2 Å². The molecule has 4 rings (SSSR count). The summed E-state index contributed by atoms with van der Waals surface area (Å²) in [6.45, 7) is 2.08. The number of phenolic OH excluding ortho intramolecular Hbond substituents is 1. The predicted molar refractivity (Wildman–Crippen MR) is 112 cm³/mol. The molecule has 1 heterocycles. The Morgan fingerprint density at radius 2 is 1.61 bits per heavy atom. The van der Waals surface area contributed by atoms with Crippen LogP contribution in [0, 0.1) is 6.92 Å². The number of aromatic hydroxyl groups is 1. The Kier molecular flexibility index (Phi) is 5.04. The fourth-order valence-electron chi connectivity index (χ4n) is 3.46. The zero-order valence-corrected chi connectivity index (χ0v) is 16.0. The van der Waals surface area contributed by atoms with Gasteiger partial charge >= 0.3 is 0 Å². The van der Waals surface area contributed by atoms with Crippen molar-refractivity contribution >= 4 is 5.70 Å². The molecular formula is C24H24N2O2. The average molecular weight is 372 g/mol. The first kappa shape index (κ1) is 18.1. The van der Waals surface area contributed by atoms with Crippen molar-refractivity contribution in [1.82, 2.24) is 10.6 Å². The maximum Gasteiger partial charge on any atom is 0.120 e. The summed E-state index contributed by atoms with van der Waals surface area (Å²) in [5.74, 6) is 1.11. The molecule has 4 nitrogen and oxygen atoms in total. The Labute approximate surface area is 165 Å². The molecule has 3 N–H and O–H groups in total. The molecule has 3 aromatic rings. The van der Waals surface area contributed by atoms with Gasteiger partial charge in [-0.25, -0.2) is 0 Å². The molecule has 0 amide bonds. The number of phenols is 1. The van der Waals surface area contributed by atoms with Gasteiger partial charge in [0.15, 0.2) is 0 Å². The number of para-hydroxylation sites is 1. The molecule has 0 spiro atoms. The van der Waals surface area contributed by atoms with E-state index < -0.39 is 0 Å². The van der Waals surface area contributed by atoms with E-state index in [2.05, 4.69) is 47.9 Å². The minimum atomic E-state index is -0.120. The summed E-state index contributed by atoms with van der Waals surface area (Å²) in [5.41, 5.74) is 5.31. The Balaban J connectivity index is 1.73. The van der Waals surface area contributed by atoms with Gasteiger partial charge in [-0.2, -0.15) is 0 Å². The van der Waals surface area contributed by atoms with Gasteiger partial charge in [-0.1, -0.05) is 48.0 Å². The first-order chi connectivity index (χ1) is 13.6. The number of methoxy groups -OCH3 is 1. The zero-order valence-electron chi connectivity index (χ0n) is 16.0. The van der Waals surface area contributed by atoms with Crippen LogP contribution in [0.4, 0.5) is 0 Å². The van der Waals surface area contributed by atoms with Crippen LogP contribution in [0.5, 0.6) is 11.5 Å². The monoisotopic (exact) mass is 372 g/mol. The highest BCUT2D eigenvalue weighted by atomic mass is 16.5. The van der Waals surface area contributed by atoms with Crippen LogP contribution in [0.15, 0.2) is 78.9 Å². The summed E-state index contributed by atoms with van der Waals surface area (Å²) in [5, 5.41) is 17.6. The number of hydrogen-bond acceptors (Lipinski definition) is 4. The standard InChI is InChI=1S/C24H24N2O2/c1-16-7-9-18(10-8-16)24-25-21(17-11-13-19(28-2)14-12-17)15-22(26-24)20-5-3-4-6-23(20)27/h3-15,22,24-27H,1-2H3. The Morgan fingerprint density at radius 1 is 0.893 bits per heavy atom. The molecule has 2 unspecified atom stereocenters. The van der Waals surface area contributed by atoms with Crippen LogP contribution in [0.2, 0.25) is 0 Å². The highest BCUT2D eigenvalue weighted by Crippen LogP contribution is 2.33. The number of ether oxygens (including phenoxy) is 1. The van der Waals surface area contributed by atoms with Crippen LogP contribution in [-0.2, 0) is 0 Å². The van der Waals surface area contributed by atoms with E-state index in [0.29, 0.717) is 0 Å². The fraction of sp³-hybridized carbons (Fsp3) is 0.167. The van der Waals surface area contributed by atoms with Gasteiger partial charge in [0.05, 0.1) is 13.2 Å². The van der Waals surface area contributed by atoms with Crippen molar-refractivity contribution in [3.63, 3.8) is 0 Å². The number of aryl methyl sites for hydroxylation is 1. The van der Waals surface area contributed by atoms with Crippen molar-refractivity contribution < 1.29 is 9.84 Å². The summed E-state index contributed by atoms with van der Waals surface area (Å²) < 4.78 is 5.28. The third-order valence-electron chi connectivity index (χ3n) is 5.06. The maximum absolute atomic E-state index is 10.4. The van der Waals surface area contributed by atoms with Crippen LogP contribution < -0.4 is 15.4 Å². The first-order valence-corrected chi connectivity index (χ1v) is 9.37. The number of benzene rings is 3. The summed E-state index contributed by atoms with van der Waals surface area (Å²) in [6, 6.07) is 23.8. The predicted octanol–water partition coefficient (Wildman–Crippen LogP) is 4.68. The van der Waals surface area contributed by atoms with Crippen molar-refractivity contribution in [2.45, 2.75) is 19.1 Å². The molecule has 0 aromatic heterocycles. The first-order valence-electron chi connectivity index (χ1n) is 9.37. The fourth-order valence-corrected chi connectivity index (χ4v) is 3.46. The van der Waals surface area contributed by atoms with Gasteiger partial charge in [0.2, 0.25) is 0 Å². The highest BCUT2D eigenvalue weighted by molar-refractivity contribution is 5.67. The largest absolute Gasteiger partial charge is 0.508 e. The van der Waals surface area contributed by atoms with Gasteiger partial charge in [0.25, 0.3) is 0 Å². The van der Waals surface area contributed by atoms with E-state index >= 15 is 0 Å².